The van der Waals surface area contributed by atoms with Crippen LogP contribution in [0.1, 0.15) is 195 Å². The minimum absolute atomic E-state index is 0. The van der Waals surface area contributed by atoms with E-state index in [1.165, 1.54) is 5.46 Å². The molecular weight excluding hydrogens is 2150 g/mol. The second-order valence-corrected chi connectivity index (χ2v) is 26.5. The van der Waals surface area contributed by atoms with Gasteiger partial charge in [0, 0.05) is 231 Å². The molecule has 0 fully saturated rings. The zero-order valence-electron chi connectivity index (χ0n) is 84.6. The van der Waals surface area contributed by atoms with E-state index in [1.807, 2.05) is 348 Å². The van der Waals surface area contributed by atoms with Crippen molar-refractivity contribution in [3.63, 3.8) is 0 Å². The van der Waals surface area contributed by atoms with Gasteiger partial charge in [-0.05, 0) is 88.0 Å². The van der Waals surface area contributed by atoms with Crippen LogP contribution < -0.4 is 113 Å². The van der Waals surface area contributed by atoms with Crippen LogP contribution in [0.4, 0.5) is 51.2 Å². The fraction of sp³-hybridized carbons (Fsp3) is 0.237. The summed E-state index contributed by atoms with van der Waals surface area (Å²) in [5.74, 6) is 10.3. The van der Waals surface area contributed by atoms with Gasteiger partial charge in [0.1, 0.15) is 70.9 Å². The van der Waals surface area contributed by atoms with E-state index >= 15 is 0 Å². The van der Waals surface area contributed by atoms with Crippen LogP contribution >= 0.6 is 0 Å². The molecular formula is C118H133B4N3O7Y6-8. The normalized spacial score (nSPS) is 10.7. The molecule has 0 N–H and O–H groups in total. The second-order valence-electron chi connectivity index (χ2n) is 26.5. The minimum atomic E-state index is -0.179. The molecule has 6 radical (unpaired) electrons. The molecule has 8 aliphatic rings. The molecule has 8 aliphatic heterocycles. The predicted octanol–water partition coefficient (Wildman–Crippen LogP) is 27.9. The molecule has 0 spiro atoms. The van der Waals surface area contributed by atoms with Gasteiger partial charge in [0.25, 0.3) is 13.4 Å². The number of hydrogen-bond donors (Lipinski definition) is 0. The van der Waals surface area contributed by atoms with Gasteiger partial charge in [-0.25, -0.2) is 10.9 Å². The van der Waals surface area contributed by atoms with E-state index in [9.17, 15) is 0 Å². The third kappa shape index (κ3) is 26.8. The maximum atomic E-state index is 6.92. The molecule has 20 heteroatoms. The number of ether oxygens (including phenoxy) is 7. The number of nitrogens with zero attached hydrogens (tertiary/aromatic N) is 3. The van der Waals surface area contributed by atoms with Crippen LogP contribution in [0.15, 0.2) is 285 Å². The first-order valence-electron chi connectivity index (χ1n) is 47.7. The van der Waals surface area contributed by atoms with Gasteiger partial charge in [-0.2, -0.15) is 108 Å². The van der Waals surface area contributed by atoms with Crippen molar-refractivity contribution in [3.8, 4) is 80.5 Å². The molecule has 0 saturated carbocycles. The summed E-state index contributed by atoms with van der Waals surface area (Å²) in [6, 6.07) is 124. The summed E-state index contributed by atoms with van der Waals surface area (Å²) >= 11 is 0. The molecule has 0 amide bonds. The molecule has 15 aromatic carbocycles. The predicted molar refractivity (Wildman–Crippen MR) is 573 cm³/mol. The van der Waals surface area contributed by atoms with E-state index in [2.05, 4.69) is 181 Å². The molecule has 0 saturated heterocycles. The van der Waals surface area contributed by atoms with Crippen molar-refractivity contribution in [1.29, 1.82) is 0 Å². The SMILES string of the molecule is C.C.CC.CC.CC.CC.CC.CC.CC.CC.CC.CC.CC.CC.CC.[Y].[Y].[Y].[Y].[Y].[Y].[c-]1ccccc1N(c1[c-]c2c3c([c-]1)Oc1cc4c(cc1B3c1ccccc1O2)B1c2ccccc2N(c2ccccc2)c2cccc(c21)O4)c1[c-]cccc1.[c-]1ccccc1N(c1[c-]c2c3c([c-]1)Oc1cc4c(cc1B3c1ccccc1O2)B1c2ccccc2Oc2cccc(c21)O4)c1[c-]cccc1. The summed E-state index contributed by atoms with van der Waals surface area (Å²) in [6.45, 7) is 51.5. The van der Waals surface area contributed by atoms with Crippen LogP contribution in [0, 0.1) is 48.5 Å². The van der Waals surface area contributed by atoms with E-state index in [0.29, 0.717) is 34.4 Å². The van der Waals surface area contributed by atoms with Crippen molar-refractivity contribution in [3.05, 3.63) is 334 Å². The zero-order valence-corrected chi connectivity index (χ0v) is 102. The maximum Gasteiger partial charge on any atom is 0.260 e. The summed E-state index contributed by atoms with van der Waals surface area (Å²) in [4.78, 5) is 6.39. The number of hydrogen-bond acceptors (Lipinski definition) is 10. The van der Waals surface area contributed by atoms with Gasteiger partial charge >= 0.3 is 0 Å². The minimum Gasteiger partial charge on any atom is -0.508 e. The van der Waals surface area contributed by atoms with Gasteiger partial charge in [0.2, 0.25) is 0 Å². The molecule has 0 aliphatic carbocycles. The standard InChI is InChI=1S/C48H26B2N2O3.C42H21B2NO4.13C2H6.2CH4.6Y/c1-4-15-31(16-5-1)51(32-17-6-2-7-18-32)34-27-45-48-46(28-34)55-44-30-43-37(29-38(44)50(48)36-22-11-13-25-41(36)53-45)49-35-21-10-12-23-39(35)52(33-19-8-3-9-20-33)40-24-14-26-42(54-43)47(40)49;1-3-12-26(13-4-1)45(27-14-5-2-6-15-27)28-22-39-42-40(23-28)49-38-25-37-31(24-32(38)44(42)30-17-8-10-19-34(30)47-39)43-29-16-7-9-18-33(29)46-35-20-11-21-36(48-37)41(35)43;13*1-2;;;;;;;;/h1-15,17,19-26,29-30H;1-12,14,16-21,24-25H;13*1-2H3;2*1H4;;;;;;/q2*-4;;;;;;;;;;;;;;;;;;;;;. The Labute approximate surface area is 983 Å². The summed E-state index contributed by atoms with van der Waals surface area (Å²) in [5, 5.41) is 0. The zero-order chi connectivity index (χ0) is 94.1. The summed E-state index contributed by atoms with van der Waals surface area (Å²) in [7, 11) is 0. The van der Waals surface area contributed by atoms with Gasteiger partial charge in [0.05, 0.1) is 0 Å². The number of para-hydroxylation sites is 9. The van der Waals surface area contributed by atoms with E-state index < -0.39 is 0 Å². The molecule has 0 aromatic heterocycles. The first-order chi connectivity index (χ1) is 64.6. The first-order valence-corrected chi connectivity index (χ1v) is 47.7. The van der Waals surface area contributed by atoms with Gasteiger partial charge in [-0.3, -0.25) is 24.3 Å². The van der Waals surface area contributed by atoms with Gasteiger partial charge < -0.3 is 47.9 Å². The van der Waals surface area contributed by atoms with Crippen molar-refractivity contribution in [2.45, 2.75) is 195 Å². The quantitative estimate of drug-likeness (QED) is 0.114. The molecule has 138 heavy (non-hydrogen) atoms. The Kier molecular flexibility index (Phi) is 62.0. The third-order valence-corrected chi connectivity index (χ3v) is 20.8. The van der Waals surface area contributed by atoms with Crippen LogP contribution in [0.2, 0.25) is 0 Å². The Hall–Kier alpha value is -6.82. The molecule has 700 valence electrons. The van der Waals surface area contributed by atoms with Crippen LogP contribution in [0.25, 0.3) is 0 Å². The van der Waals surface area contributed by atoms with E-state index in [1.54, 1.807) is 0 Å². The average molecular weight is 2280 g/mol. The molecule has 10 nitrogen and oxygen atoms in total. The Morgan fingerprint density at radius 1 is 0.210 bits per heavy atom. The largest absolute Gasteiger partial charge is 0.508 e. The summed E-state index contributed by atoms with van der Waals surface area (Å²) in [5.41, 5.74) is 20.7. The number of fused-ring (bicyclic) bond motifs is 16. The molecule has 0 unspecified atom stereocenters. The van der Waals surface area contributed by atoms with Crippen LogP contribution in [-0.4, -0.2) is 26.9 Å². The number of anilines is 9. The van der Waals surface area contributed by atoms with Crippen molar-refractivity contribution in [2.75, 3.05) is 14.7 Å². The molecule has 8 heterocycles. The van der Waals surface area contributed by atoms with E-state index in [0.717, 1.165) is 157 Å². The third-order valence-electron chi connectivity index (χ3n) is 20.8. The fourth-order valence-electron chi connectivity index (χ4n) is 16.5. The smallest absolute Gasteiger partial charge is 0.260 e. The van der Waals surface area contributed by atoms with Gasteiger partial charge in [-0.15, -0.1) is 24.3 Å². The Bertz CT molecular complexity index is 6020. The summed E-state index contributed by atoms with van der Waals surface area (Å²) < 4.78 is 46.9. The molecule has 23 rings (SSSR count). The van der Waals surface area contributed by atoms with Gasteiger partial charge in [0.15, 0.2) is 0 Å². The monoisotopic (exact) mass is 2280 g/mol. The van der Waals surface area contributed by atoms with Gasteiger partial charge in [-0.1, -0.05) is 378 Å². The summed E-state index contributed by atoms with van der Waals surface area (Å²) in [6.07, 6.45) is 0. The molecule has 0 bridgehead atoms. The van der Waals surface area contributed by atoms with E-state index in [4.69, 9.17) is 33.2 Å². The molecule has 15 aromatic rings. The van der Waals surface area contributed by atoms with Crippen molar-refractivity contribution >= 4 is 144 Å². The number of benzene rings is 15. The van der Waals surface area contributed by atoms with Crippen molar-refractivity contribution < 1.29 is 229 Å². The van der Waals surface area contributed by atoms with E-state index in [-0.39, 0.29) is 238 Å². The van der Waals surface area contributed by atoms with Crippen LogP contribution in [0.5, 0.6) is 80.5 Å². The number of rotatable bonds is 7. The topological polar surface area (TPSA) is 74.3 Å². The molecule has 0 atom stereocenters. The second kappa shape index (κ2) is 66.2. The van der Waals surface area contributed by atoms with Crippen molar-refractivity contribution in [2.24, 2.45) is 0 Å². The Morgan fingerprint density at radius 3 is 0.797 bits per heavy atom. The Balaban J connectivity index is 0.00000107. The maximum absolute atomic E-state index is 6.92. The van der Waals surface area contributed by atoms with Crippen LogP contribution in [-0.2, 0) is 196 Å². The van der Waals surface area contributed by atoms with Crippen LogP contribution in [0.3, 0.4) is 0 Å². The fourth-order valence-corrected chi connectivity index (χ4v) is 16.5. The van der Waals surface area contributed by atoms with Crippen molar-refractivity contribution in [1.82, 2.24) is 0 Å². The average Bonchev–Trinajstić information content (AvgIpc) is 0.703. The Morgan fingerprint density at radius 2 is 0.457 bits per heavy atom. The first kappa shape index (κ1) is 129.